The molecule has 0 saturated carbocycles. The van der Waals surface area contributed by atoms with Crippen LogP contribution in [0.1, 0.15) is 33.4 Å². The summed E-state index contributed by atoms with van der Waals surface area (Å²) in [5.74, 6) is 3.56. The first-order valence-corrected chi connectivity index (χ1v) is 21.7. The molecule has 0 fully saturated rings. The molecule has 0 amide bonds. The van der Waals surface area contributed by atoms with Crippen molar-refractivity contribution in [3.8, 4) is 18.3 Å². The molecule has 254 valence electrons. The monoisotopic (exact) mass is 887 g/mol. The van der Waals surface area contributed by atoms with Gasteiger partial charge in [0.2, 0.25) is 0 Å². The van der Waals surface area contributed by atoms with Crippen LogP contribution in [0.2, 0.25) is 0 Å². The molecule has 0 nitrogen and oxygen atoms in total. The van der Waals surface area contributed by atoms with Gasteiger partial charge in [0.25, 0.3) is 0 Å². The maximum absolute atomic E-state index is 5.97. The minimum absolute atomic E-state index is 0.483. The van der Waals surface area contributed by atoms with E-state index in [0.29, 0.717) is 0 Å². The number of terminal acetylenes is 1. The van der Waals surface area contributed by atoms with Gasteiger partial charge in [0.15, 0.2) is 0 Å². The van der Waals surface area contributed by atoms with Crippen molar-refractivity contribution in [1.29, 1.82) is 0 Å². The van der Waals surface area contributed by atoms with Crippen LogP contribution in [0.3, 0.4) is 0 Å². The molecule has 6 aromatic carbocycles. The summed E-state index contributed by atoms with van der Waals surface area (Å²) in [7, 11) is 3.64. The second kappa shape index (κ2) is 21.5. The van der Waals surface area contributed by atoms with Crippen LogP contribution < -0.4 is 31.8 Å². The van der Waals surface area contributed by atoms with E-state index in [1.807, 2.05) is 5.92 Å². The van der Waals surface area contributed by atoms with Crippen molar-refractivity contribution >= 4 is 57.1 Å². The van der Waals surface area contributed by atoms with Gasteiger partial charge in [-0.3, -0.25) is 11.8 Å². The number of hydrogen-bond donors (Lipinski definition) is 0. The van der Waals surface area contributed by atoms with E-state index in [0.717, 1.165) is 0 Å². The molecule has 0 bridgehead atoms. The van der Waals surface area contributed by atoms with E-state index in [4.69, 9.17) is 6.42 Å². The Morgan fingerprint density at radius 1 is 0.380 bits per heavy atom. The second-order valence-electron chi connectivity index (χ2n) is 12.0. The fourth-order valence-corrected chi connectivity index (χ4v) is 9.53. The second-order valence-corrected chi connectivity index (χ2v) is 16.4. The van der Waals surface area contributed by atoms with Crippen molar-refractivity contribution < 1.29 is 18.8 Å². The van der Waals surface area contributed by atoms with E-state index >= 15 is 0 Å². The van der Waals surface area contributed by atoms with Crippen molar-refractivity contribution in [2.75, 3.05) is 0 Å². The molecule has 6 aromatic rings. The van der Waals surface area contributed by atoms with Crippen LogP contribution in [0, 0.1) is 66.2 Å². The van der Waals surface area contributed by atoms with E-state index in [-0.39, 0.29) is 0 Å². The molecule has 50 heavy (non-hydrogen) atoms. The normalized spacial score (nSPS) is 9.94. The summed E-state index contributed by atoms with van der Waals surface area (Å²) >= 11 is 1.61. The van der Waals surface area contributed by atoms with Gasteiger partial charge in [-0.2, -0.15) is 0 Å². The molecule has 0 unspecified atom stereocenters. The summed E-state index contributed by atoms with van der Waals surface area (Å²) in [5, 5.41) is 8.46. The number of benzene rings is 6. The van der Waals surface area contributed by atoms with Crippen LogP contribution in [-0.2, 0) is 18.8 Å². The average Bonchev–Trinajstić information content (AvgIpc) is 3.14. The van der Waals surface area contributed by atoms with Crippen LogP contribution in [0.5, 0.6) is 0 Å². The molecule has 0 spiro atoms. The zero-order chi connectivity index (χ0) is 36.5. The van der Waals surface area contributed by atoms with Crippen LogP contribution in [0.15, 0.2) is 146 Å². The Hall–Kier alpha value is -3.72. The fraction of sp³-hybridized carbons (Fsp3) is 0.130. The van der Waals surface area contributed by atoms with E-state index in [2.05, 4.69) is 203 Å². The number of rotatable bonds is 6. The van der Waals surface area contributed by atoms with Gasteiger partial charge in [-0.1, -0.05) is 179 Å². The van der Waals surface area contributed by atoms with E-state index in [1.54, 1.807) is 24.7 Å². The van der Waals surface area contributed by atoms with Crippen LogP contribution in [-0.4, -0.2) is 0 Å². The van der Waals surface area contributed by atoms with Crippen LogP contribution in [0.25, 0.3) is 0 Å². The molecule has 0 N–H and O–H groups in total. The van der Waals surface area contributed by atoms with E-state index < -0.39 is 15.8 Å². The third-order valence-corrected chi connectivity index (χ3v) is 12.7. The van der Waals surface area contributed by atoms with Gasteiger partial charge >= 0.3 is 28.2 Å². The molecule has 4 heteroatoms. The zero-order valence-corrected chi connectivity index (χ0v) is 34.3. The SMILES string of the molecule is Cc1ccc(P(c2ccc(C)cc2)c2ccc(C)cc2)cc1.Cc1ccc(P(c2ccc(C)cc2)c2ccc(C)cc2)cc1.[C-]#CC#C.[Cl][Pt+]. The molecule has 0 radical (unpaired) electrons. The Kier molecular flexibility index (Phi) is 17.5. The van der Waals surface area contributed by atoms with E-state index in [9.17, 15) is 0 Å². The molecule has 0 aliphatic heterocycles. The zero-order valence-electron chi connectivity index (χ0n) is 29.5. The average molecular weight is 888 g/mol. The Morgan fingerprint density at radius 3 is 0.600 bits per heavy atom. The first kappa shape index (κ1) is 40.7. The molecular formula is C46H43ClP2Pt. The molecular weight excluding hydrogens is 845 g/mol. The molecule has 0 aliphatic rings. The van der Waals surface area contributed by atoms with Gasteiger partial charge in [-0.05, 0) is 89.2 Å². The van der Waals surface area contributed by atoms with Gasteiger partial charge in [0.05, 0.1) is 0 Å². The summed E-state index contributed by atoms with van der Waals surface area (Å²) in [4.78, 5) is 0. The Bertz CT molecular complexity index is 1580. The van der Waals surface area contributed by atoms with Crippen molar-refractivity contribution in [2.45, 2.75) is 41.5 Å². The Balaban J connectivity index is 0.000000234. The molecule has 0 saturated heterocycles. The number of hydrogen-bond acceptors (Lipinski definition) is 0. The minimum atomic E-state index is -0.483. The standard InChI is InChI=1S/2C21H21P.C4H.ClH.Pt/c2*1-16-4-10-19(11-5-16)22(20-12-6-17(2)7-13-20)21-14-8-18(3)9-15-21;1-3-4-2;;/h2*4-15H,1-3H3;1H;1H;/q;;-1;;+2/p-1. The van der Waals surface area contributed by atoms with Gasteiger partial charge in [-0.25, -0.2) is 6.42 Å². The first-order chi connectivity index (χ1) is 24.2. The molecule has 6 rings (SSSR count). The topological polar surface area (TPSA) is 0 Å². The van der Waals surface area contributed by atoms with Gasteiger partial charge < -0.3 is 6.42 Å². The summed E-state index contributed by atoms with van der Waals surface area (Å²) in [6, 6.07) is 53.9. The van der Waals surface area contributed by atoms with Crippen molar-refractivity contribution in [2.24, 2.45) is 0 Å². The third-order valence-electron chi connectivity index (χ3n) is 7.83. The van der Waals surface area contributed by atoms with Crippen molar-refractivity contribution in [1.82, 2.24) is 0 Å². The third kappa shape index (κ3) is 12.6. The number of aryl methyl sites for hydroxylation is 6. The maximum atomic E-state index is 5.97. The quantitative estimate of drug-likeness (QED) is 0.0889. The van der Waals surface area contributed by atoms with Crippen molar-refractivity contribution in [3.63, 3.8) is 0 Å². The Labute approximate surface area is 319 Å². The Morgan fingerprint density at radius 2 is 0.500 bits per heavy atom. The summed E-state index contributed by atoms with van der Waals surface area (Å²) in [5.41, 5.74) is 7.87. The first-order valence-electron chi connectivity index (χ1n) is 16.2. The van der Waals surface area contributed by atoms with Gasteiger partial charge in [0.1, 0.15) is 0 Å². The summed E-state index contributed by atoms with van der Waals surface area (Å²) < 4.78 is 0. The predicted octanol–water partition coefficient (Wildman–Crippen LogP) is 9.64. The van der Waals surface area contributed by atoms with Gasteiger partial charge in [-0.15, -0.1) is 0 Å². The summed E-state index contributed by atoms with van der Waals surface area (Å²) in [6.07, 6.45) is 10.4. The fourth-order valence-electron chi connectivity index (χ4n) is 5.06. The predicted molar refractivity (Wildman–Crippen MR) is 221 cm³/mol. The van der Waals surface area contributed by atoms with Crippen LogP contribution >= 0.6 is 25.3 Å². The van der Waals surface area contributed by atoms with Crippen LogP contribution in [0.4, 0.5) is 0 Å². The van der Waals surface area contributed by atoms with Gasteiger partial charge in [0, 0.05) is 0 Å². The van der Waals surface area contributed by atoms with Crippen molar-refractivity contribution in [3.05, 3.63) is 185 Å². The molecule has 0 atom stereocenters. The van der Waals surface area contributed by atoms with E-state index in [1.165, 1.54) is 65.2 Å². The molecule has 0 heterocycles. The number of halogens is 1. The summed E-state index contributed by atoms with van der Waals surface area (Å²) in [6.45, 7) is 12.9. The molecule has 0 aromatic heterocycles. The molecule has 0 aliphatic carbocycles.